The van der Waals surface area contributed by atoms with E-state index in [1.165, 1.54) is 0 Å². The molecule has 3 fully saturated rings. The number of carbonyl (C=O) groups is 2. The fourth-order valence-corrected chi connectivity index (χ4v) is 8.30. The Kier molecular flexibility index (Phi) is 8.14. The van der Waals surface area contributed by atoms with Gasteiger partial charge in [0.1, 0.15) is 16.7 Å². The van der Waals surface area contributed by atoms with Gasteiger partial charge in [-0.2, -0.15) is 4.31 Å². The molecule has 3 saturated heterocycles. The van der Waals surface area contributed by atoms with Gasteiger partial charge in [-0.3, -0.25) is 4.79 Å². The molecule has 0 bridgehead atoms. The van der Waals surface area contributed by atoms with Crippen LogP contribution in [0.5, 0.6) is 5.75 Å². The molecule has 2 atom stereocenters. The molecule has 0 aliphatic carbocycles. The van der Waals surface area contributed by atoms with E-state index in [-0.39, 0.29) is 42.2 Å². The van der Waals surface area contributed by atoms with Crippen LogP contribution in [0.2, 0.25) is 0 Å². The Labute approximate surface area is 246 Å². The van der Waals surface area contributed by atoms with E-state index >= 15 is 0 Å². The Bertz CT molecular complexity index is 1410. The van der Waals surface area contributed by atoms with Crippen molar-refractivity contribution >= 4 is 27.6 Å². The van der Waals surface area contributed by atoms with Crippen molar-refractivity contribution in [3.63, 3.8) is 0 Å². The largest absolute Gasteiger partial charge is 0.492 e. The lowest BCUT2D eigenvalue weighted by molar-refractivity contribution is -0.127. The number of hydrogen-bond acceptors (Lipinski definition) is 7. The van der Waals surface area contributed by atoms with E-state index in [0.29, 0.717) is 51.3 Å². The number of rotatable bonds is 2. The van der Waals surface area contributed by atoms with E-state index in [1.54, 1.807) is 11.0 Å². The standard InChI is InChI=1S/C30H38N4O7S/c35-24-19-25-28(36)32-30(10-13-33(14-11-30)29(37)31-23-4-2-1-3-5-23)12-17-41-26-18-22(21-8-15-40-16-9-21)6-7-27(26)42(38,39)34(25)20-24/h1-7,18,21,24-25,35H,8-17,19-20H2,(H,31,37)(H,32,36)/t24-,25+/m1/s1. The maximum atomic E-state index is 13.9. The van der Waals surface area contributed by atoms with E-state index in [1.807, 2.05) is 42.5 Å². The molecule has 42 heavy (non-hydrogen) atoms. The second kappa shape index (κ2) is 11.8. The first-order valence-corrected chi connectivity index (χ1v) is 16.2. The summed E-state index contributed by atoms with van der Waals surface area (Å²) in [7, 11) is -4.14. The van der Waals surface area contributed by atoms with E-state index in [0.717, 1.165) is 22.7 Å². The lowest BCUT2D eigenvalue weighted by atomic mass is 9.84. The highest BCUT2D eigenvalue weighted by atomic mass is 32.2. The van der Waals surface area contributed by atoms with Gasteiger partial charge >= 0.3 is 6.03 Å². The normalized spacial score (nSPS) is 26.3. The van der Waals surface area contributed by atoms with Crippen molar-refractivity contribution in [2.24, 2.45) is 0 Å². The van der Waals surface area contributed by atoms with Crippen molar-refractivity contribution in [1.82, 2.24) is 14.5 Å². The van der Waals surface area contributed by atoms with E-state index in [9.17, 15) is 23.1 Å². The highest BCUT2D eigenvalue weighted by Gasteiger charge is 2.47. The van der Waals surface area contributed by atoms with Gasteiger partial charge < -0.3 is 30.1 Å². The van der Waals surface area contributed by atoms with Crippen molar-refractivity contribution in [1.29, 1.82) is 0 Å². The number of urea groups is 1. The summed E-state index contributed by atoms with van der Waals surface area (Å²) in [6.45, 7) is 2.18. The Morgan fingerprint density at radius 2 is 1.76 bits per heavy atom. The Hall–Kier alpha value is -3.19. The fourth-order valence-electron chi connectivity index (χ4n) is 6.55. The molecule has 226 valence electrons. The number of sulfonamides is 1. The predicted octanol–water partition coefficient (Wildman–Crippen LogP) is 2.67. The van der Waals surface area contributed by atoms with Gasteiger partial charge in [0.25, 0.3) is 0 Å². The van der Waals surface area contributed by atoms with E-state index in [4.69, 9.17) is 9.47 Å². The Balaban J connectivity index is 1.26. The second-order valence-corrected chi connectivity index (χ2v) is 13.6. The first-order valence-electron chi connectivity index (χ1n) is 14.7. The molecule has 4 heterocycles. The molecule has 1 spiro atoms. The minimum atomic E-state index is -4.14. The number of piperidine rings is 1. The summed E-state index contributed by atoms with van der Waals surface area (Å²) in [5.74, 6) is 0.0822. The summed E-state index contributed by atoms with van der Waals surface area (Å²) in [4.78, 5) is 28.3. The average Bonchev–Trinajstić information content (AvgIpc) is 3.40. The minimum Gasteiger partial charge on any atom is -0.492 e. The summed E-state index contributed by atoms with van der Waals surface area (Å²) >= 11 is 0. The van der Waals surface area contributed by atoms with Crippen LogP contribution < -0.4 is 15.4 Å². The molecule has 12 heteroatoms. The van der Waals surface area contributed by atoms with Gasteiger partial charge in [0, 0.05) is 56.9 Å². The molecule has 2 aromatic carbocycles. The second-order valence-electron chi connectivity index (χ2n) is 11.7. The topological polar surface area (TPSA) is 138 Å². The molecular weight excluding hydrogens is 560 g/mol. The number of likely N-dealkylation sites (tertiary alicyclic amines) is 1. The zero-order valence-corrected chi connectivity index (χ0v) is 24.4. The number of ether oxygens (including phenoxy) is 2. The molecule has 0 saturated carbocycles. The third-order valence-electron chi connectivity index (χ3n) is 9.04. The number of aliphatic hydroxyl groups is 1. The zero-order chi connectivity index (χ0) is 29.3. The summed E-state index contributed by atoms with van der Waals surface area (Å²) in [5.41, 5.74) is 1.02. The molecule has 4 aliphatic rings. The molecule has 3 N–H and O–H groups in total. The number of hydrogen-bond donors (Lipinski definition) is 3. The number of nitrogens with one attached hydrogen (secondary N) is 2. The number of anilines is 1. The average molecular weight is 599 g/mol. The number of benzene rings is 2. The summed E-state index contributed by atoms with van der Waals surface area (Å²) in [5, 5.41) is 16.6. The van der Waals surface area contributed by atoms with Gasteiger partial charge in [0.2, 0.25) is 15.9 Å². The monoisotopic (exact) mass is 598 g/mol. The van der Waals surface area contributed by atoms with Crippen LogP contribution in [0.15, 0.2) is 53.4 Å². The number of carbonyl (C=O) groups excluding carboxylic acids is 2. The molecule has 6 rings (SSSR count). The van der Waals surface area contributed by atoms with Crippen molar-refractivity contribution in [2.75, 3.05) is 44.8 Å². The van der Waals surface area contributed by atoms with Crippen LogP contribution in [0.4, 0.5) is 10.5 Å². The third-order valence-corrected chi connectivity index (χ3v) is 11.0. The molecular formula is C30H38N4O7S. The first-order chi connectivity index (χ1) is 20.2. The molecule has 0 radical (unpaired) electrons. The molecule has 0 unspecified atom stereocenters. The van der Waals surface area contributed by atoms with Crippen molar-refractivity contribution in [3.05, 3.63) is 54.1 Å². The van der Waals surface area contributed by atoms with Crippen LogP contribution in [0.3, 0.4) is 0 Å². The van der Waals surface area contributed by atoms with E-state index in [2.05, 4.69) is 10.6 Å². The number of nitrogens with zero attached hydrogens (tertiary/aromatic N) is 2. The van der Waals surface area contributed by atoms with Crippen molar-refractivity contribution in [3.8, 4) is 5.75 Å². The molecule has 3 amide bonds. The first kappa shape index (κ1) is 28.9. The number of fused-ring (bicyclic) bond motifs is 2. The van der Waals surface area contributed by atoms with Gasteiger partial charge in [0.15, 0.2) is 0 Å². The zero-order valence-electron chi connectivity index (χ0n) is 23.5. The van der Waals surface area contributed by atoms with Crippen LogP contribution in [0.1, 0.15) is 50.0 Å². The minimum absolute atomic E-state index is 0.00793. The fraction of sp³-hybridized carbons (Fsp3) is 0.533. The highest BCUT2D eigenvalue weighted by Crippen LogP contribution is 2.38. The third kappa shape index (κ3) is 5.85. The quantitative estimate of drug-likeness (QED) is 0.483. The Morgan fingerprint density at radius 1 is 1.02 bits per heavy atom. The molecule has 11 nitrogen and oxygen atoms in total. The van der Waals surface area contributed by atoms with Crippen molar-refractivity contribution < 1.29 is 32.6 Å². The highest BCUT2D eigenvalue weighted by molar-refractivity contribution is 7.89. The molecule has 0 aromatic heterocycles. The number of aliphatic hydroxyl groups excluding tert-OH is 1. The van der Waals surface area contributed by atoms with Gasteiger partial charge in [-0.15, -0.1) is 0 Å². The number of para-hydroxylation sites is 1. The van der Waals surface area contributed by atoms with E-state index < -0.39 is 33.6 Å². The maximum Gasteiger partial charge on any atom is 0.321 e. The predicted molar refractivity (Wildman–Crippen MR) is 155 cm³/mol. The number of amides is 3. The lowest BCUT2D eigenvalue weighted by Crippen LogP contribution is -2.60. The smallest absolute Gasteiger partial charge is 0.321 e. The lowest BCUT2D eigenvalue weighted by Gasteiger charge is -2.43. The van der Waals surface area contributed by atoms with Crippen LogP contribution in [-0.4, -0.2) is 91.8 Å². The van der Waals surface area contributed by atoms with Crippen LogP contribution in [0.25, 0.3) is 0 Å². The van der Waals surface area contributed by atoms with Gasteiger partial charge in [-0.1, -0.05) is 24.3 Å². The summed E-state index contributed by atoms with van der Waals surface area (Å²) in [6, 6.07) is 13.2. The summed E-state index contributed by atoms with van der Waals surface area (Å²) in [6.07, 6.45) is 2.18. The molecule has 2 aromatic rings. The molecule has 4 aliphatic heterocycles. The van der Waals surface area contributed by atoms with Crippen LogP contribution in [-0.2, 0) is 19.6 Å². The summed E-state index contributed by atoms with van der Waals surface area (Å²) < 4.78 is 40.7. The Morgan fingerprint density at radius 3 is 2.50 bits per heavy atom. The maximum absolute atomic E-state index is 13.9. The van der Waals surface area contributed by atoms with Gasteiger partial charge in [-0.05, 0) is 61.4 Å². The van der Waals surface area contributed by atoms with Crippen LogP contribution >= 0.6 is 0 Å². The van der Waals surface area contributed by atoms with Crippen molar-refractivity contribution in [2.45, 2.75) is 67.0 Å². The van der Waals surface area contributed by atoms with Gasteiger partial charge in [-0.25, -0.2) is 13.2 Å². The van der Waals surface area contributed by atoms with Crippen LogP contribution in [0, 0.1) is 0 Å². The van der Waals surface area contributed by atoms with Gasteiger partial charge in [0.05, 0.1) is 12.7 Å². The SMILES string of the molecule is O=C1NC2(CCOc3cc(C4CCOCC4)ccc3S(=O)(=O)N3C[C@H](O)C[C@@H]13)CCN(C(=O)Nc1ccccc1)CC2.